The maximum Gasteiger partial charge on any atom is 0.339 e. The van der Waals surface area contributed by atoms with Crippen LogP contribution >= 0.6 is 0 Å². The Labute approximate surface area is 121 Å². The second-order valence-corrected chi connectivity index (χ2v) is 5.34. The Morgan fingerprint density at radius 2 is 2.10 bits per heavy atom. The zero-order chi connectivity index (χ0) is 14.4. The summed E-state index contributed by atoms with van der Waals surface area (Å²) in [5, 5.41) is 0. The molecule has 0 amide bonds. The van der Waals surface area contributed by atoms with E-state index in [9.17, 15) is 4.79 Å². The highest BCUT2D eigenvalue weighted by atomic mass is 16.5. The number of pyridine rings is 1. The van der Waals surface area contributed by atoms with Crippen LogP contribution in [0.2, 0.25) is 0 Å². The molecule has 0 saturated carbocycles. The molecule has 0 radical (unpaired) electrons. The minimum Gasteiger partial charge on any atom is -0.462 e. The normalized spacial score (nSPS) is 16.2. The van der Waals surface area contributed by atoms with E-state index >= 15 is 0 Å². The topological polar surface area (TPSA) is 42.4 Å². The van der Waals surface area contributed by atoms with E-state index in [-0.39, 0.29) is 5.97 Å². The number of piperidine rings is 1. The maximum atomic E-state index is 11.6. The molecule has 2 heterocycles. The summed E-state index contributed by atoms with van der Waals surface area (Å²) in [4.78, 5) is 18.3. The molecular weight excluding hydrogens is 252 g/mol. The third-order valence-corrected chi connectivity index (χ3v) is 3.89. The summed E-state index contributed by atoms with van der Waals surface area (Å²) in [6, 6.07) is 3.73. The zero-order valence-corrected chi connectivity index (χ0v) is 12.5. The van der Waals surface area contributed by atoms with E-state index in [0.717, 1.165) is 24.8 Å². The Bertz CT molecular complexity index is 423. The molecule has 0 spiro atoms. The van der Waals surface area contributed by atoms with Gasteiger partial charge in [0.1, 0.15) is 5.82 Å². The molecule has 0 aromatic carbocycles. The highest BCUT2D eigenvalue weighted by molar-refractivity contribution is 5.89. The Morgan fingerprint density at radius 3 is 2.65 bits per heavy atom. The molecule has 0 N–H and O–H groups in total. The summed E-state index contributed by atoms with van der Waals surface area (Å²) in [5.41, 5.74) is 0.525. The molecule has 1 aromatic rings. The average molecular weight is 276 g/mol. The molecule has 20 heavy (non-hydrogen) atoms. The van der Waals surface area contributed by atoms with Crippen LogP contribution in [0.1, 0.15) is 49.9 Å². The fourth-order valence-electron chi connectivity index (χ4n) is 2.77. The number of ether oxygens (including phenoxy) is 1. The van der Waals surface area contributed by atoms with Crippen LogP contribution in [-0.2, 0) is 4.74 Å². The summed E-state index contributed by atoms with van der Waals surface area (Å²) in [6.07, 6.45) is 6.72. The van der Waals surface area contributed by atoms with Crippen LogP contribution in [0.3, 0.4) is 0 Å². The van der Waals surface area contributed by atoms with Gasteiger partial charge < -0.3 is 9.64 Å². The van der Waals surface area contributed by atoms with Gasteiger partial charge in [-0.15, -0.1) is 0 Å². The van der Waals surface area contributed by atoms with Gasteiger partial charge in [0.15, 0.2) is 0 Å². The van der Waals surface area contributed by atoms with Crippen LogP contribution in [-0.4, -0.2) is 30.6 Å². The van der Waals surface area contributed by atoms with E-state index in [1.807, 2.05) is 6.07 Å². The molecule has 2 rings (SSSR count). The van der Waals surface area contributed by atoms with Gasteiger partial charge in [0.25, 0.3) is 0 Å². The van der Waals surface area contributed by atoms with Gasteiger partial charge in [-0.25, -0.2) is 9.78 Å². The van der Waals surface area contributed by atoms with Crippen molar-refractivity contribution in [3.05, 3.63) is 23.9 Å². The first-order valence-electron chi connectivity index (χ1n) is 7.62. The maximum absolute atomic E-state index is 11.6. The Balaban J connectivity index is 1.92. The zero-order valence-electron chi connectivity index (χ0n) is 12.5. The highest BCUT2D eigenvalue weighted by Gasteiger charge is 2.19. The van der Waals surface area contributed by atoms with Crippen molar-refractivity contribution in [1.82, 2.24) is 4.98 Å². The van der Waals surface area contributed by atoms with Crippen LogP contribution in [0, 0.1) is 5.92 Å². The van der Waals surface area contributed by atoms with E-state index in [0.29, 0.717) is 12.2 Å². The Hall–Kier alpha value is -1.58. The van der Waals surface area contributed by atoms with Gasteiger partial charge in [-0.2, -0.15) is 0 Å². The lowest BCUT2D eigenvalue weighted by atomic mass is 9.92. The fourth-order valence-corrected chi connectivity index (χ4v) is 2.77. The fraction of sp³-hybridized carbons (Fsp3) is 0.625. The van der Waals surface area contributed by atoms with E-state index in [1.54, 1.807) is 19.2 Å². The minimum atomic E-state index is -0.298. The van der Waals surface area contributed by atoms with Crippen molar-refractivity contribution < 1.29 is 9.53 Å². The molecular formula is C16H24N2O2. The van der Waals surface area contributed by atoms with Crippen LogP contribution < -0.4 is 4.90 Å². The number of hydrogen-bond donors (Lipinski definition) is 0. The molecule has 4 nitrogen and oxygen atoms in total. The summed E-state index contributed by atoms with van der Waals surface area (Å²) in [6.45, 7) is 6.58. The van der Waals surface area contributed by atoms with Crippen molar-refractivity contribution in [2.45, 2.75) is 39.5 Å². The molecule has 0 unspecified atom stereocenters. The highest BCUT2D eigenvalue weighted by Crippen LogP contribution is 2.24. The lowest BCUT2D eigenvalue weighted by Crippen LogP contribution is -2.34. The lowest BCUT2D eigenvalue weighted by molar-refractivity contribution is 0.0526. The summed E-state index contributed by atoms with van der Waals surface area (Å²) < 4.78 is 4.96. The summed E-state index contributed by atoms with van der Waals surface area (Å²) in [5.74, 6) is 1.54. The van der Waals surface area contributed by atoms with Crippen molar-refractivity contribution in [2.75, 3.05) is 24.6 Å². The average Bonchev–Trinajstić information content (AvgIpc) is 2.49. The number of carbonyl (C=O) groups is 1. The third kappa shape index (κ3) is 3.71. The lowest BCUT2D eigenvalue weighted by Gasteiger charge is -2.32. The largest absolute Gasteiger partial charge is 0.462 e. The molecule has 1 saturated heterocycles. The number of hydrogen-bond acceptors (Lipinski definition) is 4. The van der Waals surface area contributed by atoms with E-state index < -0.39 is 0 Å². The van der Waals surface area contributed by atoms with E-state index in [2.05, 4.69) is 16.8 Å². The number of carbonyl (C=O) groups excluding carboxylic acids is 1. The predicted octanol–water partition coefficient (Wildman–Crippen LogP) is 3.27. The first-order valence-corrected chi connectivity index (χ1v) is 7.62. The second kappa shape index (κ2) is 7.27. The molecule has 0 aliphatic carbocycles. The molecule has 110 valence electrons. The standard InChI is InChI=1S/C16H24N2O2/c1-3-5-13-8-10-18(11-9-13)15-7-6-14(12-17-15)16(19)20-4-2/h6-7,12-13H,3-5,8-11H2,1-2H3. The predicted molar refractivity (Wildman–Crippen MR) is 80.0 cm³/mol. The number of rotatable bonds is 5. The SMILES string of the molecule is CCCC1CCN(c2ccc(C(=O)OCC)cn2)CC1. The number of nitrogens with zero attached hydrogens (tertiary/aromatic N) is 2. The van der Waals surface area contributed by atoms with Crippen LogP contribution in [0.15, 0.2) is 18.3 Å². The molecule has 1 aliphatic rings. The molecule has 0 bridgehead atoms. The van der Waals surface area contributed by atoms with Gasteiger partial charge in [0, 0.05) is 19.3 Å². The van der Waals surface area contributed by atoms with Crippen LogP contribution in [0.4, 0.5) is 5.82 Å². The van der Waals surface area contributed by atoms with E-state index in [4.69, 9.17) is 4.74 Å². The van der Waals surface area contributed by atoms with Gasteiger partial charge in [-0.3, -0.25) is 0 Å². The van der Waals surface area contributed by atoms with Crippen molar-refractivity contribution in [2.24, 2.45) is 5.92 Å². The van der Waals surface area contributed by atoms with Gasteiger partial charge in [0.2, 0.25) is 0 Å². The number of esters is 1. The van der Waals surface area contributed by atoms with Crippen LogP contribution in [0.25, 0.3) is 0 Å². The Morgan fingerprint density at radius 1 is 1.35 bits per heavy atom. The molecule has 1 fully saturated rings. The molecule has 1 aliphatic heterocycles. The molecule has 4 heteroatoms. The first-order chi connectivity index (χ1) is 9.74. The van der Waals surface area contributed by atoms with Gasteiger partial charge >= 0.3 is 5.97 Å². The van der Waals surface area contributed by atoms with Gasteiger partial charge in [0.05, 0.1) is 12.2 Å². The summed E-state index contributed by atoms with van der Waals surface area (Å²) >= 11 is 0. The monoisotopic (exact) mass is 276 g/mol. The van der Waals surface area contributed by atoms with E-state index in [1.165, 1.54) is 25.7 Å². The number of anilines is 1. The first kappa shape index (κ1) is 14.8. The number of aromatic nitrogens is 1. The minimum absolute atomic E-state index is 0.298. The van der Waals surface area contributed by atoms with Crippen LogP contribution in [0.5, 0.6) is 0 Å². The van der Waals surface area contributed by atoms with Crippen molar-refractivity contribution in [3.8, 4) is 0 Å². The van der Waals surface area contributed by atoms with Gasteiger partial charge in [-0.1, -0.05) is 19.8 Å². The van der Waals surface area contributed by atoms with Gasteiger partial charge in [-0.05, 0) is 37.8 Å². The second-order valence-electron chi connectivity index (χ2n) is 5.34. The van der Waals surface area contributed by atoms with Crippen molar-refractivity contribution in [1.29, 1.82) is 0 Å². The third-order valence-electron chi connectivity index (χ3n) is 3.89. The van der Waals surface area contributed by atoms with Crippen molar-refractivity contribution >= 4 is 11.8 Å². The molecule has 1 aromatic heterocycles. The molecule has 0 atom stereocenters. The summed E-state index contributed by atoms with van der Waals surface area (Å²) in [7, 11) is 0. The quantitative estimate of drug-likeness (QED) is 0.774. The smallest absolute Gasteiger partial charge is 0.339 e. The van der Waals surface area contributed by atoms with Crippen molar-refractivity contribution in [3.63, 3.8) is 0 Å². The Kier molecular flexibility index (Phi) is 5.39.